The van der Waals surface area contributed by atoms with E-state index in [2.05, 4.69) is 0 Å². The molecular weight excluding hydrogens is 281 g/mol. The molecule has 20 heavy (non-hydrogen) atoms. The van der Waals surface area contributed by atoms with Crippen molar-refractivity contribution in [3.05, 3.63) is 30.1 Å². The van der Waals surface area contributed by atoms with E-state index in [1.807, 2.05) is 13.8 Å². The van der Waals surface area contributed by atoms with Gasteiger partial charge in [-0.25, -0.2) is 17.1 Å². The first-order chi connectivity index (χ1) is 9.49. The highest BCUT2D eigenvalue weighted by Gasteiger charge is 2.20. The van der Waals surface area contributed by atoms with Crippen molar-refractivity contribution in [3.8, 4) is 5.75 Å². The molecule has 0 heterocycles. The smallest absolute Gasteiger partial charge is 0.217 e. The Morgan fingerprint density at radius 2 is 1.65 bits per heavy atom. The Hall–Kier alpha value is -1.14. The minimum absolute atomic E-state index is 0.0651. The monoisotopic (exact) mass is 303 g/mol. The zero-order chi connectivity index (χ0) is 15.0. The van der Waals surface area contributed by atoms with Gasteiger partial charge in [0.05, 0.1) is 5.75 Å². The number of halogens is 1. The van der Waals surface area contributed by atoms with Crippen LogP contribution in [0.15, 0.2) is 24.3 Å². The molecule has 0 spiro atoms. The van der Waals surface area contributed by atoms with Crippen LogP contribution >= 0.6 is 0 Å². The Balaban J connectivity index is 2.51. The van der Waals surface area contributed by atoms with Crippen LogP contribution in [0.4, 0.5) is 4.39 Å². The van der Waals surface area contributed by atoms with E-state index in [4.69, 9.17) is 4.74 Å². The highest BCUT2D eigenvalue weighted by Crippen LogP contribution is 2.12. The van der Waals surface area contributed by atoms with Crippen molar-refractivity contribution < 1.29 is 17.5 Å². The summed E-state index contributed by atoms with van der Waals surface area (Å²) in [5.74, 6) is 0.0610. The van der Waals surface area contributed by atoms with Gasteiger partial charge in [-0.2, -0.15) is 0 Å². The first-order valence-corrected chi connectivity index (χ1v) is 8.46. The fourth-order valence-corrected chi connectivity index (χ4v) is 3.29. The molecular formula is C14H22FNO3S. The zero-order valence-corrected chi connectivity index (χ0v) is 12.8. The molecule has 114 valence electrons. The van der Waals surface area contributed by atoms with Gasteiger partial charge in [0.15, 0.2) is 0 Å². The molecule has 0 saturated carbocycles. The number of benzene rings is 1. The molecule has 0 bridgehead atoms. The zero-order valence-electron chi connectivity index (χ0n) is 12.0. The van der Waals surface area contributed by atoms with Crippen LogP contribution in [0.25, 0.3) is 0 Å². The van der Waals surface area contributed by atoms with Crippen LogP contribution in [-0.4, -0.2) is 38.2 Å². The largest absolute Gasteiger partial charge is 0.492 e. The van der Waals surface area contributed by atoms with Crippen LogP contribution in [0.3, 0.4) is 0 Å². The second-order valence-corrected chi connectivity index (χ2v) is 6.61. The van der Waals surface area contributed by atoms with E-state index >= 15 is 0 Å². The number of nitrogens with zero attached hydrogens (tertiary/aromatic N) is 1. The fraction of sp³-hybridized carbons (Fsp3) is 0.571. The van der Waals surface area contributed by atoms with Gasteiger partial charge < -0.3 is 4.74 Å². The first-order valence-electron chi connectivity index (χ1n) is 6.85. The molecule has 0 aliphatic rings. The van der Waals surface area contributed by atoms with E-state index in [1.54, 1.807) is 0 Å². The van der Waals surface area contributed by atoms with E-state index in [9.17, 15) is 12.8 Å². The molecule has 0 radical (unpaired) electrons. The van der Waals surface area contributed by atoms with Gasteiger partial charge in [-0.15, -0.1) is 0 Å². The van der Waals surface area contributed by atoms with Crippen molar-refractivity contribution in [3.63, 3.8) is 0 Å². The summed E-state index contributed by atoms with van der Waals surface area (Å²) in [5.41, 5.74) is 0. The second kappa shape index (κ2) is 8.21. The molecule has 4 nitrogen and oxygen atoms in total. The van der Waals surface area contributed by atoms with Crippen molar-refractivity contribution in [2.24, 2.45) is 0 Å². The van der Waals surface area contributed by atoms with Gasteiger partial charge in [0.25, 0.3) is 0 Å². The number of ether oxygens (including phenoxy) is 1. The van der Waals surface area contributed by atoms with Crippen molar-refractivity contribution in [1.82, 2.24) is 4.31 Å². The van der Waals surface area contributed by atoms with Gasteiger partial charge >= 0.3 is 0 Å². The van der Waals surface area contributed by atoms with Gasteiger partial charge in [0.1, 0.15) is 18.2 Å². The summed E-state index contributed by atoms with van der Waals surface area (Å²) in [6.45, 7) is 5.04. The van der Waals surface area contributed by atoms with Crippen LogP contribution in [0.2, 0.25) is 0 Å². The summed E-state index contributed by atoms with van der Waals surface area (Å²) in [6, 6.07) is 5.53. The normalized spacial score (nSPS) is 11.8. The summed E-state index contributed by atoms with van der Waals surface area (Å²) >= 11 is 0. The SMILES string of the molecule is CCCN(CCC)S(=O)(=O)CCOc1ccc(F)cc1. The van der Waals surface area contributed by atoms with Crippen LogP contribution in [0.1, 0.15) is 26.7 Å². The third-order valence-electron chi connectivity index (χ3n) is 2.76. The van der Waals surface area contributed by atoms with Crippen LogP contribution in [-0.2, 0) is 10.0 Å². The summed E-state index contributed by atoms with van der Waals surface area (Å²) in [5, 5.41) is 0. The van der Waals surface area contributed by atoms with Gasteiger partial charge in [-0.1, -0.05) is 13.8 Å². The van der Waals surface area contributed by atoms with Crippen molar-refractivity contribution in [1.29, 1.82) is 0 Å². The van der Waals surface area contributed by atoms with Gasteiger partial charge in [0.2, 0.25) is 10.0 Å². The Labute approximate surface area is 120 Å². The maximum Gasteiger partial charge on any atom is 0.217 e. The number of hydrogen-bond donors (Lipinski definition) is 0. The summed E-state index contributed by atoms with van der Waals surface area (Å²) in [7, 11) is -3.29. The highest BCUT2D eigenvalue weighted by molar-refractivity contribution is 7.89. The van der Waals surface area contributed by atoms with E-state index in [1.165, 1.54) is 28.6 Å². The molecule has 0 atom stereocenters. The van der Waals surface area contributed by atoms with Gasteiger partial charge in [-0.05, 0) is 37.1 Å². The molecule has 0 N–H and O–H groups in total. The average Bonchev–Trinajstić information content (AvgIpc) is 2.41. The van der Waals surface area contributed by atoms with Crippen LogP contribution in [0.5, 0.6) is 5.75 Å². The Morgan fingerprint density at radius 1 is 1.10 bits per heavy atom. The van der Waals surface area contributed by atoms with E-state index < -0.39 is 10.0 Å². The molecule has 6 heteroatoms. The average molecular weight is 303 g/mol. The lowest BCUT2D eigenvalue weighted by Crippen LogP contribution is -2.36. The molecule has 0 aromatic heterocycles. The second-order valence-electron chi connectivity index (χ2n) is 4.52. The third-order valence-corrected chi connectivity index (χ3v) is 4.60. The van der Waals surface area contributed by atoms with Gasteiger partial charge in [-0.3, -0.25) is 0 Å². The molecule has 0 aliphatic carbocycles. The minimum atomic E-state index is -3.29. The third kappa shape index (κ3) is 5.46. The molecule has 0 amide bonds. The first kappa shape index (κ1) is 16.9. The summed E-state index contributed by atoms with van der Waals surface area (Å²) in [4.78, 5) is 0. The summed E-state index contributed by atoms with van der Waals surface area (Å²) < 4.78 is 43.8. The molecule has 0 aliphatic heterocycles. The number of sulfonamides is 1. The summed E-state index contributed by atoms with van der Waals surface area (Å²) in [6.07, 6.45) is 1.58. The number of rotatable bonds is 9. The maximum absolute atomic E-state index is 12.7. The van der Waals surface area contributed by atoms with E-state index in [-0.39, 0.29) is 18.2 Å². The highest BCUT2D eigenvalue weighted by atomic mass is 32.2. The quantitative estimate of drug-likeness (QED) is 0.704. The van der Waals surface area contributed by atoms with Crippen LogP contribution in [0, 0.1) is 5.82 Å². The lowest BCUT2D eigenvalue weighted by Gasteiger charge is -2.20. The lowest BCUT2D eigenvalue weighted by atomic mass is 10.3. The predicted molar refractivity (Wildman–Crippen MR) is 77.8 cm³/mol. The van der Waals surface area contributed by atoms with Gasteiger partial charge in [0, 0.05) is 13.1 Å². The fourth-order valence-electron chi connectivity index (χ4n) is 1.81. The van der Waals surface area contributed by atoms with E-state index in [0.717, 1.165) is 12.8 Å². The molecule has 1 aromatic carbocycles. The van der Waals surface area contributed by atoms with E-state index in [0.29, 0.717) is 18.8 Å². The molecule has 1 rings (SSSR count). The van der Waals surface area contributed by atoms with Crippen molar-refractivity contribution in [2.75, 3.05) is 25.4 Å². The van der Waals surface area contributed by atoms with Crippen molar-refractivity contribution >= 4 is 10.0 Å². The predicted octanol–water partition coefficient (Wildman–Crippen LogP) is 2.66. The maximum atomic E-state index is 12.7. The molecule has 0 saturated heterocycles. The molecule has 0 fully saturated rings. The molecule has 0 unspecified atom stereocenters. The number of hydrogen-bond acceptors (Lipinski definition) is 3. The molecule has 1 aromatic rings. The topological polar surface area (TPSA) is 46.6 Å². The Kier molecular flexibility index (Phi) is 6.95. The van der Waals surface area contributed by atoms with Crippen molar-refractivity contribution in [2.45, 2.75) is 26.7 Å². The Bertz CT molecular complexity index is 482. The minimum Gasteiger partial charge on any atom is -0.492 e. The lowest BCUT2D eigenvalue weighted by molar-refractivity contribution is 0.333. The van der Waals surface area contributed by atoms with Crippen LogP contribution < -0.4 is 4.74 Å². The standard InChI is InChI=1S/C14H22FNO3S/c1-3-9-16(10-4-2)20(17,18)12-11-19-14-7-5-13(15)6-8-14/h5-8H,3-4,9-12H2,1-2H3. The Morgan fingerprint density at radius 3 is 2.15 bits per heavy atom.